The lowest BCUT2D eigenvalue weighted by molar-refractivity contribution is 0.0949. The Balaban J connectivity index is 1.77. The molecular weight excluding hydrogens is 370 g/mol. The van der Waals surface area contributed by atoms with Crippen molar-refractivity contribution < 1.29 is 4.79 Å². The van der Waals surface area contributed by atoms with E-state index in [2.05, 4.69) is 49.1 Å². The van der Waals surface area contributed by atoms with E-state index in [0.29, 0.717) is 12.1 Å². The van der Waals surface area contributed by atoms with E-state index in [1.807, 2.05) is 49.5 Å². The number of benzodiazepines with no additional fused rings is 1. The van der Waals surface area contributed by atoms with Gasteiger partial charge in [0, 0.05) is 29.4 Å². The number of aliphatic imine (C=N–C) groups is 1. The Morgan fingerprint density at radius 2 is 1.70 bits per heavy atom. The van der Waals surface area contributed by atoms with Crippen LogP contribution in [-0.4, -0.2) is 37.2 Å². The molecule has 30 heavy (non-hydrogen) atoms. The van der Waals surface area contributed by atoms with Gasteiger partial charge in [-0.2, -0.15) is 0 Å². The van der Waals surface area contributed by atoms with Crippen LogP contribution in [0.4, 0.5) is 5.69 Å². The second kappa shape index (κ2) is 8.25. The number of aryl methyl sites for hydroxylation is 2. The molecule has 0 aromatic heterocycles. The fourth-order valence-electron chi connectivity index (χ4n) is 4.19. The predicted octanol–water partition coefficient (Wildman–Crippen LogP) is 4.17. The number of hydrogen-bond acceptors (Lipinski definition) is 4. The summed E-state index contributed by atoms with van der Waals surface area (Å²) >= 11 is 0. The first-order valence-electron chi connectivity index (χ1n) is 10.3. The molecule has 2 N–H and O–H groups in total. The van der Waals surface area contributed by atoms with Crippen LogP contribution in [0.3, 0.4) is 0 Å². The lowest BCUT2D eigenvalue weighted by Crippen LogP contribution is -2.52. The molecule has 1 aliphatic heterocycles. The highest BCUT2D eigenvalue weighted by atomic mass is 16.1. The highest BCUT2D eigenvalue weighted by Gasteiger charge is 2.32. The smallest absolute Gasteiger partial charge is 0.181 e. The maximum atomic E-state index is 13.1. The monoisotopic (exact) mass is 397 g/mol. The minimum Gasteiger partial charge on any atom is -0.367 e. The first kappa shape index (κ1) is 20.0. The predicted molar refractivity (Wildman–Crippen MR) is 124 cm³/mol. The van der Waals surface area contributed by atoms with Crippen LogP contribution in [0, 0.1) is 13.8 Å². The van der Waals surface area contributed by atoms with Gasteiger partial charge in [-0.05, 0) is 25.5 Å². The van der Waals surface area contributed by atoms with Gasteiger partial charge in [0.1, 0.15) is 0 Å². The SMILES string of the molecule is Cc1ccc(C2=NCC(C(N)C(=O)c3ccccc3)N(C)c3ccccc32)c(C)c1. The zero-order valence-corrected chi connectivity index (χ0v) is 17.7. The van der Waals surface area contributed by atoms with Gasteiger partial charge in [-0.15, -0.1) is 0 Å². The highest BCUT2D eigenvalue weighted by Crippen LogP contribution is 2.30. The van der Waals surface area contributed by atoms with E-state index >= 15 is 0 Å². The first-order valence-corrected chi connectivity index (χ1v) is 10.3. The minimum absolute atomic E-state index is 0.0601. The van der Waals surface area contributed by atoms with Crippen molar-refractivity contribution in [2.75, 3.05) is 18.5 Å². The number of rotatable bonds is 4. The number of carbonyl (C=O) groups is 1. The summed E-state index contributed by atoms with van der Waals surface area (Å²) in [7, 11) is 2.00. The zero-order valence-electron chi connectivity index (χ0n) is 17.7. The van der Waals surface area contributed by atoms with Crippen LogP contribution in [-0.2, 0) is 0 Å². The Bertz CT molecular complexity index is 1100. The Hall–Kier alpha value is -3.24. The summed E-state index contributed by atoms with van der Waals surface area (Å²) in [5.41, 5.74) is 13.7. The van der Waals surface area contributed by atoms with Crippen LogP contribution >= 0.6 is 0 Å². The third-order valence-electron chi connectivity index (χ3n) is 5.89. The fraction of sp³-hybridized carbons (Fsp3) is 0.231. The number of fused-ring (bicyclic) bond motifs is 1. The molecule has 4 rings (SSSR count). The number of benzene rings is 3. The average Bonchev–Trinajstić information content (AvgIpc) is 2.90. The summed E-state index contributed by atoms with van der Waals surface area (Å²) in [6.45, 7) is 4.66. The van der Waals surface area contributed by atoms with E-state index in [9.17, 15) is 4.79 Å². The molecule has 0 saturated heterocycles. The van der Waals surface area contributed by atoms with Gasteiger partial charge < -0.3 is 10.6 Å². The summed E-state index contributed by atoms with van der Waals surface area (Å²) in [5, 5.41) is 0. The Morgan fingerprint density at radius 1 is 1.00 bits per heavy atom. The van der Waals surface area contributed by atoms with Gasteiger partial charge in [0.25, 0.3) is 0 Å². The number of hydrogen-bond donors (Lipinski definition) is 1. The van der Waals surface area contributed by atoms with Crippen LogP contribution in [0.25, 0.3) is 0 Å². The van der Waals surface area contributed by atoms with E-state index in [4.69, 9.17) is 10.7 Å². The fourth-order valence-corrected chi connectivity index (χ4v) is 4.19. The van der Waals surface area contributed by atoms with Gasteiger partial charge in [0.15, 0.2) is 5.78 Å². The summed E-state index contributed by atoms with van der Waals surface area (Å²) in [4.78, 5) is 20.2. The van der Waals surface area contributed by atoms with Crippen molar-refractivity contribution in [2.24, 2.45) is 10.7 Å². The molecular formula is C26H27N3O. The number of carbonyl (C=O) groups excluding carboxylic acids is 1. The molecule has 0 bridgehead atoms. The van der Waals surface area contributed by atoms with Crippen molar-refractivity contribution in [2.45, 2.75) is 25.9 Å². The average molecular weight is 398 g/mol. The number of para-hydroxylation sites is 1. The number of ketones is 1. The molecule has 152 valence electrons. The molecule has 4 heteroatoms. The van der Waals surface area contributed by atoms with E-state index in [0.717, 1.165) is 22.5 Å². The molecule has 0 aliphatic carbocycles. The molecule has 0 radical (unpaired) electrons. The van der Waals surface area contributed by atoms with Gasteiger partial charge in [-0.25, -0.2) is 0 Å². The van der Waals surface area contributed by atoms with Crippen LogP contribution in [0.2, 0.25) is 0 Å². The number of nitrogens with two attached hydrogens (primary N) is 1. The van der Waals surface area contributed by atoms with Crippen molar-refractivity contribution in [3.05, 3.63) is 101 Å². The maximum absolute atomic E-state index is 13.1. The molecule has 0 amide bonds. The van der Waals surface area contributed by atoms with Gasteiger partial charge in [-0.1, -0.05) is 72.3 Å². The first-order chi connectivity index (χ1) is 14.5. The number of Topliss-reactive ketones (excluding diaryl/α,β-unsaturated/α-hetero) is 1. The quantitative estimate of drug-likeness (QED) is 0.672. The highest BCUT2D eigenvalue weighted by molar-refractivity contribution is 6.17. The Morgan fingerprint density at radius 3 is 2.43 bits per heavy atom. The summed E-state index contributed by atoms with van der Waals surface area (Å²) in [6.07, 6.45) is 0. The van der Waals surface area contributed by atoms with Crippen molar-refractivity contribution in [1.29, 1.82) is 0 Å². The molecule has 3 aromatic rings. The van der Waals surface area contributed by atoms with Gasteiger partial charge in [-0.3, -0.25) is 9.79 Å². The standard InChI is InChI=1S/C26H27N3O/c1-17-13-14-20(18(2)15-17)25-21-11-7-8-12-22(21)29(3)23(16-28-25)24(27)26(30)19-9-5-4-6-10-19/h4-15,23-24H,16,27H2,1-3H3. The van der Waals surface area contributed by atoms with Gasteiger partial charge >= 0.3 is 0 Å². The summed E-state index contributed by atoms with van der Waals surface area (Å²) in [6, 6.07) is 23.0. The molecule has 2 unspecified atom stereocenters. The topological polar surface area (TPSA) is 58.7 Å². The maximum Gasteiger partial charge on any atom is 0.181 e. The third-order valence-corrected chi connectivity index (χ3v) is 5.89. The number of likely N-dealkylation sites (N-methyl/N-ethyl adjacent to an activating group) is 1. The van der Waals surface area contributed by atoms with E-state index in [1.165, 1.54) is 11.1 Å². The van der Waals surface area contributed by atoms with E-state index < -0.39 is 6.04 Å². The molecule has 4 nitrogen and oxygen atoms in total. The lowest BCUT2D eigenvalue weighted by Gasteiger charge is -2.32. The van der Waals surface area contributed by atoms with Crippen molar-refractivity contribution in [3.8, 4) is 0 Å². The second-order valence-corrected chi connectivity index (χ2v) is 7.96. The molecule has 0 fully saturated rings. The second-order valence-electron chi connectivity index (χ2n) is 7.96. The summed E-state index contributed by atoms with van der Waals surface area (Å²) in [5.74, 6) is -0.0601. The van der Waals surface area contributed by atoms with Crippen LogP contribution in [0.1, 0.15) is 32.6 Å². The number of nitrogens with zero attached hydrogens (tertiary/aromatic N) is 2. The molecule has 1 aliphatic rings. The zero-order chi connectivity index (χ0) is 21.3. The Kier molecular flexibility index (Phi) is 5.51. The molecule has 0 spiro atoms. The van der Waals surface area contributed by atoms with E-state index in [-0.39, 0.29) is 11.8 Å². The van der Waals surface area contributed by atoms with Crippen LogP contribution < -0.4 is 10.6 Å². The van der Waals surface area contributed by atoms with Crippen molar-refractivity contribution in [3.63, 3.8) is 0 Å². The van der Waals surface area contributed by atoms with Crippen molar-refractivity contribution in [1.82, 2.24) is 0 Å². The molecule has 0 saturated carbocycles. The Labute approximate surface area is 178 Å². The minimum atomic E-state index is -0.673. The van der Waals surface area contributed by atoms with Crippen LogP contribution in [0.15, 0.2) is 77.8 Å². The third kappa shape index (κ3) is 3.66. The van der Waals surface area contributed by atoms with Crippen LogP contribution in [0.5, 0.6) is 0 Å². The lowest BCUT2D eigenvalue weighted by atomic mass is 9.95. The van der Waals surface area contributed by atoms with Gasteiger partial charge in [0.05, 0.1) is 24.3 Å². The largest absolute Gasteiger partial charge is 0.367 e. The molecule has 3 aromatic carbocycles. The number of anilines is 1. The normalized spacial score (nSPS) is 17.0. The summed E-state index contributed by atoms with van der Waals surface area (Å²) < 4.78 is 0. The molecule has 1 heterocycles. The van der Waals surface area contributed by atoms with Crippen molar-refractivity contribution >= 4 is 17.2 Å². The van der Waals surface area contributed by atoms with Gasteiger partial charge in [0.2, 0.25) is 0 Å². The molecule has 2 atom stereocenters. The van der Waals surface area contributed by atoms with E-state index in [1.54, 1.807) is 0 Å².